The molecule has 0 unspecified atom stereocenters. The van der Waals surface area contributed by atoms with Gasteiger partial charge in [-0.1, -0.05) is 29.8 Å². The van der Waals surface area contributed by atoms with Gasteiger partial charge in [-0.2, -0.15) is 0 Å². The predicted octanol–water partition coefficient (Wildman–Crippen LogP) is 2.63. The topological polar surface area (TPSA) is 58.6 Å². The van der Waals surface area contributed by atoms with Gasteiger partial charge in [0.2, 0.25) is 0 Å². The number of ether oxygens (including phenoxy) is 1. The summed E-state index contributed by atoms with van der Waals surface area (Å²) >= 11 is 3.33. The minimum Gasteiger partial charge on any atom is -0.484 e. The van der Waals surface area contributed by atoms with E-state index in [1.807, 2.05) is 13.8 Å². The number of halogens is 1. The molecule has 0 fully saturated rings. The second-order valence-corrected chi connectivity index (χ2v) is 5.14. The lowest BCUT2D eigenvalue weighted by atomic mass is 10.2. The van der Waals surface area contributed by atoms with E-state index in [0.717, 1.165) is 22.9 Å². The summed E-state index contributed by atoms with van der Waals surface area (Å²) in [6.45, 7) is 4.00. The molecular formula is C14H20BrNO3. The van der Waals surface area contributed by atoms with Crippen molar-refractivity contribution in [2.75, 3.05) is 6.61 Å². The number of hydrogen-bond acceptors (Lipinski definition) is 3. The monoisotopic (exact) mass is 329 g/mol. The van der Waals surface area contributed by atoms with Gasteiger partial charge in [0.15, 0.2) is 6.61 Å². The quantitative estimate of drug-likeness (QED) is 0.808. The molecule has 5 heteroatoms. The fourth-order valence-electron chi connectivity index (χ4n) is 1.67. The Bertz CT molecular complexity index is 419. The average Bonchev–Trinajstić information content (AvgIpc) is 2.43. The summed E-state index contributed by atoms with van der Waals surface area (Å²) in [4.78, 5) is 11.7. The molecule has 1 rings (SSSR count). The highest BCUT2D eigenvalue weighted by molar-refractivity contribution is 9.10. The SMILES string of the molecule is CCC(CC)NC(=O)COc1ccc(Br)c(CO)c1. The van der Waals surface area contributed by atoms with Crippen molar-refractivity contribution >= 4 is 21.8 Å². The zero-order chi connectivity index (χ0) is 14.3. The summed E-state index contributed by atoms with van der Waals surface area (Å²) in [6, 6.07) is 5.47. The Kier molecular flexibility index (Phi) is 6.87. The number of aliphatic hydroxyl groups excluding tert-OH is 1. The maximum absolute atomic E-state index is 11.7. The van der Waals surface area contributed by atoms with Crippen LogP contribution in [0.4, 0.5) is 0 Å². The number of amides is 1. The standard InChI is InChI=1S/C14H20BrNO3/c1-3-11(4-2)16-14(18)9-19-12-5-6-13(15)10(7-12)8-17/h5-7,11,17H,3-4,8-9H2,1-2H3,(H,16,18). The molecule has 2 N–H and O–H groups in total. The highest BCUT2D eigenvalue weighted by atomic mass is 79.9. The molecule has 19 heavy (non-hydrogen) atoms. The predicted molar refractivity (Wildman–Crippen MR) is 78.1 cm³/mol. The maximum atomic E-state index is 11.7. The smallest absolute Gasteiger partial charge is 0.258 e. The van der Waals surface area contributed by atoms with Gasteiger partial charge in [-0.15, -0.1) is 0 Å². The number of nitrogens with one attached hydrogen (secondary N) is 1. The summed E-state index contributed by atoms with van der Waals surface area (Å²) in [5.74, 6) is 0.453. The molecule has 0 spiro atoms. The Morgan fingerprint density at radius 1 is 1.42 bits per heavy atom. The first kappa shape index (κ1) is 16.0. The molecule has 0 aliphatic heterocycles. The van der Waals surface area contributed by atoms with E-state index in [1.54, 1.807) is 18.2 Å². The minimum absolute atomic E-state index is 0.0109. The van der Waals surface area contributed by atoms with Gasteiger partial charge in [0, 0.05) is 10.5 Å². The molecule has 0 saturated carbocycles. The van der Waals surface area contributed by atoms with E-state index in [4.69, 9.17) is 9.84 Å². The van der Waals surface area contributed by atoms with E-state index >= 15 is 0 Å². The molecule has 1 aromatic rings. The fraction of sp³-hybridized carbons (Fsp3) is 0.500. The Morgan fingerprint density at radius 2 is 2.11 bits per heavy atom. The van der Waals surface area contributed by atoms with Crippen LogP contribution in [0.1, 0.15) is 32.3 Å². The Morgan fingerprint density at radius 3 is 2.68 bits per heavy atom. The lowest BCUT2D eigenvalue weighted by molar-refractivity contribution is -0.123. The van der Waals surface area contributed by atoms with Crippen molar-refractivity contribution in [3.63, 3.8) is 0 Å². The molecule has 1 amide bonds. The first-order valence-corrected chi connectivity index (χ1v) is 7.21. The number of carbonyl (C=O) groups is 1. The van der Waals surface area contributed by atoms with Gasteiger partial charge in [-0.25, -0.2) is 0 Å². The second-order valence-electron chi connectivity index (χ2n) is 4.28. The van der Waals surface area contributed by atoms with Crippen molar-refractivity contribution in [3.05, 3.63) is 28.2 Å². The van der Waals surface area contributed by atoms with Gasteiger partial charge in [0.05, 0.1) is 6.61 Å². The van der Waals surface area contributed by atoms with Gasteiger partial charge in [-0.3, -0.25) is 4.79 Å². The van der Waals surface area contributed by atoms with Crippen LogP contribution in [-0.4, -0.2) is 23.7 Å². The molecule has 0 radical (unpaired) electrons. The first-order valence-electron chi connectivity index (χ1n) is 6.42. The van der Waals surface area contributed by atoms with Gasteiger partial charge >= 0.3 is 0 Å². The van der Waals surface area contributed by atoms with Crippen molar-refractivity contribution in [1.82, 2.24) is 5.32 Å². The molecule has 0 aliphatic carbocycles. The van der Waals surface area contributed by atoms with Gasteiger partial charge in [0.25, 0.3) is 5.91 Å². The second kappa shape index (κ2) is 8.17. The number of aliphatic hydroxyl groups is 1. The van der Waals surface area contributed by atoms with E-state index in [2.05, 4.69) is 21.2 Å². The molecule has 4 nitrogen and oxygen atoms in total. The van der Waals surface area contributed by atoms with Crippen LogP contribution in [0.3, 0.4) is 0 Å². The largest absolute Gasteiger partial charge is 0.484 e. The number of hydrogen-bond donors (Lipinski definition) is 2. The Hall–Kier alpha value is -1.07. The Balaban J connectivity index is 2.50. The minimum atomic E-state index is -0.123. The molecule has 0 aliphatic rings. The lowest BCUT2D eigenvalue weighted by Crippen LogP contribution is -2.37. The van der Waals surface area contributed by atoms with Crippen LogP contribution in [0.25, 0.3) is 0 Å². The van der Waals surface area contributed by atoms with E-state index in [0.29, 0.717) is 5.75 Å². The van der Waals surface area contributed by atoms with Crippen molar-refractivity contribution in [3.8, 4) is 5.75 Å². The summed E-state index contributed by atoms with van der Waals surface area (Å²) in [7, 11) is 0. The molecule has 0 atom stereocenters. The first-order chi connectivity index (χ1) is 9.10. The average molecular weight is 330 g/mol. The molecule has 1 aromatic carbocycles. The zero-order valence-electron chi connectivity index (χ0n) is 11.3. The van der Waals surface area contributed by atoms with Crippen molar-refractivity contribution < 1.29 is 14.6 Å². The molecule has 0 aromatic heterocycles. The van der Waals surface area contributed by atoms with Crippen LogP contribution in [0.5, 0.6) is 5.75 Å². The summed E-state index contributed by atoms with van der Waals surface area (Å²) in [5.41, 5.74) is 0.734. The third-order valence-electron chi connectivity index (χ3n) is 2.91. The van der Waals surface area contributed by atoms with E-state index in [9.17, 15) is 4.79 Å². The van der Waals surface area contributed by atoms with Crippen LogP contribution in [-0.2, 0) is 11.4 Å². The number of benzene rings is 1. The van der Waals surface area contributed by atoms with Crippen LogP contribution in [0, 0.1) is 0 Å². The van der Waals surface area contributed by atoms with Crippen molar-refractivity contribution in [2.24, 2.45) is 0 Å². The normalized spacial score (nSPS) is 10.6. The van der Waals surface area contributed by atoms with Crippen LogP contribution < -0.4 is 10.1 Å². The van der Waals surface area contributed by atoms with Gasteiger partial charge in [0.1, 0.15) is 5.75 Å². The van der Waals surface area contributed by atoms with Crippen LogP contribution >= 0.6 is 15.9 Å². The van der Waals surface area contributed by atoms with Crippen molar-refractivity contribution in [1.29, 1.82) is 0 Å². The number of rotatable bonds is 7. The third-order valence-corrected chi connectivity index (χ3v) is 3.68. The van der Waals surface area contributed by atoms with Gasteiger partial charge in [-0.05, 0) is 36.6 Å². The lowest BCUT2D eigenvalue weighted by Gasteiger charge is -2.15. The summed E-state index contributed by atoms with van der Waals surface area (Å²) < 4.78 is 6.23. The molecular weight excluding hydrogens is 310 g/mol. The molecule has 0 heterocycles. The zero-order valence-corrected chi connectivity index (χ0v) is 12.9. The summed E-state index contributed by atoms with van der Waals surface area (Å²) in [5, 5.41) is 12.0. The highest BCUT2D eigenvalue weighted by Crippen LogP contribution is 2.22. The van der Waals surface area contributed by atoms with E-state index < -0.39 is 0 Å². The third kappa shape index (κ3) is 5.20. The molecule has 0 bridgehead atoms. The summed E-state index contributed by atoms with van der Waals surface area (Å²) in [6.07, 6.45) is 1.82. The molecule has 106 valence electrons. The maximum Gasteiger partial charge on any atom is 0.258 e. The van der Waals surface area contributed by atoms with Crippen LogP contribution in [0.15, 0.2) is 22.7 Å². The van der Waals surface area contributed by atoms with Crippen molar-refractivity contribution in [2.45, 2.75) is 39.3 Å². The van der Waals surface area contributed by atoms with Gasteiger partial charge < -0.3 is 15.2 Å². The Labute approximate surface area is 122 Å². The van der Waals surface area contributed by atoms with E-state index in [-0.39, 0.29) is 25.2 Å². The fourth-order valence-corrected chi connectivity index (χ4v) is 2.05. The van der Waals surface area contributed by atoms with E-state index in [1.165, 1.54) is 0 Å². The molecule has 0 saturated heterocycles. The number of carbonyl (C=O) groups excluding carboxylic acids is 1. The van der Waals surface area contributed by atoms with Crippen LogP contribution in [0.2, 0.25) is 0 Å². The highest BCUT2D eigenvalue weighted by Gasteiger charge is 2.09.